The average Bonchev–Trinajstić information content (AvgIpc) is 2.34. The smallest absolute Gasteiger partial charge is 0.125 e. The van der Waals surface area contributed by atoms with Crippen molar-refractivity contribution in [3.05, 3.63) is 28.8 Å². The predicted octanol–water partition coefficient (Wildman–Crippen LogP) is 3.98. The third-order valence-electron chi connectivity index (χ3n) is 3.09. The van der Waals surface area contributed by atoms with E-state index in [4.69, 9.17) is 4.74 Å². The third kappa shape index (κ3) is 4.69. The van der Waals surface area contributed by atoms with Crippen molar-refractivity contribution < 1.29 is 4.74 Å². The van der Waals surface area contributed by atoms with Crippen LogP contribution in [0.3, 0.4) is 0 Å². The summed E-state index contributed by atoms with van der Waals surface area (Å²) in [6.45, 7) is 11.4. The lowest BCUT2D eigenvalue weighted by Crippen LogP contribution is -2.12. The van der Waals surface area contributed by atoms with Crippen LogP contribution in [0.1, 0.15) is 49.8 Å². The Morgan fingerprint density at radius 3 is 2.28 bits per heavy atom. The summed E-state index contributed by atoms with van der Waals surface area (Å²) < 4.78 is 5.91. The quantitative estimate of drug-likeness (QED) is 0.704. The van der Waals surface area contributed by atoms with E-state index in [2.05, 4.69) is 45.1 Å². The minimum Gasteiger partial charge on any atom is -0.493 e. The Balaban J connectivity index is 2.62. The summed E-state index contributed by atoms with van der Waals surface area (Å²) in [5, 5.41) is 3.36. The molecule has 0 saturated heterocycles. The molecule has 0 heterocycles. The van der Waals surface area contributed by atoms with E-state index in [-0.39, 0.29) is 0 Å². The first kappa shape index (κ1) is 15.0. The fraction of sp³-hybridized carbons (Fsp3) is 0.625. The van der Waals surface area contributed by atoms with Gasteiger partial charge in [0.15, 0.2) is 0 Å². The van der Waals surface area contributed by atoms with Gasteiger partial charge in [-0.2, -0.15) is 0 Å². The lowest BCUT2D eigenvalue weighted by Gasteiger charge is -2.14. The van der Waals surface area contributed by atoms with Crippen LogP contribution >= 0.6 is 0 Å². The molecule has 2 nitrogen and oxygen atoms in total. The molecule has 0 saturated carbocycles. The Kier molecular flexibility index (Phi) is 6.81. The Morgan fingerprint density at radius 1 is 1.06 bits per heavy atom. The van der Waals surface area contributed by atoms with Crippen LogP contribution in [0, 0.1) is 13.8 Å². The van der Waals surface area contributed by atoms with E-state index in [9.17, 15) is 0 Å². The maximum absolute atomic E-state index is 5.91. The molecule has 0 spiro atoms. The summed E-state index contributed by atoms with van der Waals surface area (Å²) in [5.74, 6) is 1.08. The Morgan fingerprint density at radius 2 is 1.72 bits per heavy atom. The minimum atomic E-state index is 0.835. The molecule has 18 heavy (non-hydrogen) atoms. The standard InChI is InChI=1S/C16H27NO/c1-5-7-8-9-18-16-13(3)10-15(11-14(16)4)12-17-6-2/h10-11,17H,5-9,12H2,1-4H3. The number of ether oxygens (including phenoxy) is 1. The average molecular weight is 249 g/mol. The van der Waals surface area contributed by atoms with Crippen molar-refractivity contribution in [2.24, 2.45) is 0 Å². The molecule has 2 heteroatoms. The molecule has 0 aliphatic heterocycles. The molecule has 1 aromatic rings. The molecule has 0 aliphatic rings. The van der Waals surface area contributed by atoms with Gasteiger partial charge in [0, 0.05) is 6.54 Å². The normalized spacial score (nSPS) is 10.7. The van der Waals surface area contributed by atoms with Gasteiger partial charge in [-0.05, 0) is 43.5 Å². The SMILES string of the molecule is CCCCCOc1c(C)cc(CNCC)cc1C. The maximum atomic E-state index is 5.91. The molecule has 1 aromatic carbocycles. The Bertz CT molecular complexity index is 337. The summed E-state index contributed by atoms with van der Waals surface area (Å²) in [6, 6.07) is 4.45. The van der Waals surface area contributed by atoms with Gasteiger partial charge in [-0.3, -0.25) is 0 Å². The second-order valence-electron chi connectivity index (χ2n) is 4.89. The van der Waals surface area contributed by atoms with Gasteiger partial charge in [0.25, 0.3) is 0 Å². The zero-order valence-electron chi connectivity index (χ0n) is 12.3. The molecule has 1 rings (SSSR count). The van der Waals surface area contributed by atoms with Crippen molar-refractivity contribution >= 4 is 0 Å². The highest BCUT2D eigenvalue weighted by Gasteiger charge is 2.06. The Hall–Kier alpha value is -1.02. The minimum absolute atomic E-state index is 0.835. The molecule has 0 aromatic heterocycles. The lowest BCUT2D eigenvalue weighted by atomic mass is 10.1. The number of nitrogens with one attached hydrogen (secondary N) is 1. The number of rotatable bonds is 8. The van der Waals surface area contributed by atoms with Gasteiger partial charge in [-0.25, -0.2) is 0 Å². The topological polar surface area (TPSA) is 21.3 Å². The molecule has 0 aliphatic carbocycles. The van der Waals surface area contributed by atoms with E-state index >= 15 is 0 Å². The summed E-state index contributed by atoms with van der Waals surface area (Å²) in [4.78, 5) is 0. The highest BCUT2D eigenvalue weighted by Crippen LogP contribution is 2.25. The lowest BCUT2D eigenvalue weighted by molar-refractivity contribution is 0.302. The highest BCUT2D eigenvalue weighted by molar-refractivity contribution is 5.43. The summed E-state index contributed by atoms with van der Waals surface area (Å²) in [7, 11) is 0. The number of hydrogen-bond donors (Lipinski definition) is 1. The van der Waals surface area contributed by atoms with Gasteiger partial charge in [-0.1, -0.05) is 38.8 Å². The zero-order valence-corrected chi connectivity index (χ0v) is 12.3. The van der Waals surface area contributed by atoms with Gasteiger partial charge in [0.05, 0.1) is 6.61 Å². The molecule has 102 valence electrons. The second kappa shape index (κ2) is 8.15. The number of benzene rings is 1. The number of hydrogen-bond acceptors (Lipinski definition) is 2. The molecule has 0 unspecified atom stereocenters. The van der Waals surface area contributed by atoms with Crippen molar-refractivity contribution in [3.8, 4) is 5.75 Å². The van der Waals surface area contributed by atoms with Gasteiger partial charge in [0.2, 0.25) is 0 Å². The van der Waals surface area contributed by atoms with E-state index in [1.54, 1.807) is 0 Å². The zero-order chi connectivity index (χ0) is 13.4. The van der Waals surface area contributed by atoms with Crippen LogP contribution in [-0.4, -0.2) is 13.2 Å². The molecule has 0 amide bonds. The van der Waals surface area contributed by atoms with Crippen molar-refractivity contribution in [1.82, 2.24) is 5.32 Å². The molecule has 1 N–H and O–H groups in total. The largest absolute Gasteiger partial charge is 0.493 e. The molecule has 0 radical (unpaired) electrons. The van der Waals surface area contributed by atoms with E-state index < -0.39 is 0 Å². The van der Waals surface area contributed by atoms with Crippen LogP contribution in [0.25, 0.3) is 0 Å². The van der Waals surface area contributed by atoms with E-state index in [0.29, 0.717) is 0 Å². The summed E-state index contributed by atoms with van der Waals surface area (Å²) >= 11 is 0. The monoisotopic (exact) mass is 249 g/mol. The number of aryl methyl sites for hydroxylation is 2. The maximum Gasteiger partial charge on any atom is 0.125 e. The van der Waals surface area contributed by atoms with Gasteiger partial charge in [-0.15, -0.1) is 0 Å². The first-order valence-electron chi connectivity index (χ1n) is 7.12. The van der Waals surface area contributed by atoms with Gasteiger partial charge < -0.3 is 10.1 Å². The summed E-state index contributed by atoms with van der Waals surface area (Å²) in [5.41, 5.74) is 3.84. The second-order valence-corrected chi connectivity index (χ2v) is 4.89. The highest BCUT2D eigenvalue weighted by atomic mass is 16.5. The third-order valence-corrected chi connectivity index (χ3v) is 3.09. The summed E-state index contributed by atoms with van der Waals surface area (Å²) in [6.07, 6.45) is 3.63. The first-order valence-corrected chi connectivity index (χ1v) is 7.12. The van der Waals surface area contributed by atoms with E-state index in [1.807, 2.05) is 0 Å². The molecule has 0 atom stereocenters. The van der Waals surface area contributed by atoms with Gasteiger partial charge in [0.1, 0.15) is 5.75 Å². The molecule has 0 bridgehead atoms. The number of unbranched alkanes of at least 4 members (excludes halogenated alkanes) is 2. The van der Waals surface area contributed by atoms with E-state index in [1.165, 1.54) is 29.5 Å². The molecule has 0 fully saturated rings. The van der Waals surface area contributed by atoms with Crippen LogP contribution in [0.4, 0.5) is 0 Å². The molecular formula is C16H27NO. The fourth-order valence-electron chi connectivity index (χ4n) is 2.17. The van der Waals surface area contributed by atoms with Crippen LogP contribution in [0.5, 0.6) is 5.75 Å². The van der Waals surface area contributed by atoms with Crippen LogP contribution < -0.4 is 10.1 Å². The predicted molar refractivity (Wildman–Crippen MR) is 78.3 cm³/mol. The van der Waals surface area contributed by atoms with Crippen LogP contribution in [-0.2, 0) is 6.54 Å². The van der Waals surface area contributed by atoms with Crippen LogP contribution in [0.15, 0.2) is 12.1 Å². The van der Waals surface area contributed by atoms with E-state index in [0.717, 1.165) is 31.9 Å². The fourth-order valence-corrected chi connectivity index (χ4v) is 2.17. The van der Waals surface area contributed by atoms with Crippen molar-refractivity contribution in [2.75, 3.05) is 13.2 Å². The van der Waals surface area contributed by atoms with Gasteiger partial charge >= 0.3 is 0 Å². The van der Waals surface area contributed by atoms with Crippen molar-refractivity contribution in [2.45, 2.75) is 53.5 Å². The molecular weight excluding hydrogens is 222 g/mol. The Labute approximate surface area is 112 Å². The van der Waals surface area contributed by atoms with Crippen molar-refractivity contribution in [1.29, 1.82) is 0 Å². The van der Waals surface area contributed by atoms with Crippen molar-refractivity contribution in [3.63, 3.8) is 0 Å². The first-order chi connectivity index (χ1) is 8.69. The van der Waals surface area contributed by atoms with Crippen LogP contribution in [0.2, 0.25) is 0 Å².